The number of hydrogen-bond donors (Lipinski definition) is 1. The Morgan fingerprint density at radius 3 is 2.70 bits per heavy atom. The van der Waals surface area contributed by atoms with Crippen molar-refractivity contribution >= 4 is 5.91 Å². The number of hydrogen-bond acceptors (Lipinski definition) is 1. The van der Waals surface area contributed by atoms with Crippen LogP contribution in [0.15, 0.2) is 54.6 Å². The van der Waals surface area contributed by atoms with Crippen LogP contribution in [-0.2, 0) is 11.2 Å². The lowest BCUT2D eigenvalue weighted by atomic mass is 9.96. The van der Waals surface area contributed by atoms with Crippen LogP contribution in [0.1, 0.15) is 54.7 Å². The lowest BCUT2D eigenvalue weighted by molar-refractivity contribution is -0.121. The summed E-state index contributed by atoms with van der Waals surface area (Å²) >= 11 is 0. The molecule has 0 spiro atoms. The van der Waals surface area contributed by atoms with Gasteiger partial charge in [-0.25, -0.2) is 0 Å². The molecule has 0 radical (unpaired) electrons. The highest BCUT2D eigenvalue weighted by molar-refractivity contribution is 5.77. The number of aryl methyl sites for hydroxylation is 1. The summed E-state index contributed by atoms with van der Waals surface area (Å²) in [7, 11) is 0. The quantitative estimate of drug-likeness (QED) is 0.841. The molecule has 2 aromatic carbocycles. The summed E-state index contributed by atoms with van der Waals surface area (Å²) in [6.07, 6.45) is 3.82. The minimum absolute atomic E-state index is 0.187. The normalized spacial score (nSPS) is 17.5. The third-order valence-corrected chi connectivity index (χ3v) is 4.96. The zero-order valence-electron chi connectivity index (χ0n) is 13.8. The van der Waals surface area contributed by atoms with Crippen LogP contribution in [-0.4, -0.2) is 12.5 Å². The molecule has 1 aliphatic carbocycles. The van der Waals surface area contributed by atoms with Crippen molar-refractivity contribution in [2.75, 3.05) is 6.54 Å². The highest BCUT2D eigenvalue weighted by atomic mass is 16.1. The Kier molecular flexibility index (Phi) is 5.12. The molecule has 2 heteroatoms. The van der Waals surface area contributed by atoms with E-state index in [0.717, 1.165) is 25.8 Å². The minimum Gasteiger partial charge on any atom is -0.356 e. The van der Waals surface area contributed by atoms with Gasteiger partial charge in [0.2, 0.25) is 5.91 Å². The van der Waals surface area contributed by atoms with Crippen LogP contribution >= 0.6 is 0 Å². The molecule has 0 heterocycles. The first-order chi connectivity index (χ1) is 11.2. The lowest BCUT2D eigenvalue weighted by Gasteiger charge is -2.14. The fourth-order valence-corrected chi connectivity index (χ4v) is 3.53. The molecule has 2 nitrogen and oxygen atoms in total. The van der Waals surface area contributed by atoms with Gasteiger partial charge in [0.25, 0.3) is 0 Å². The number of rotatable bonds is 6. The molecule has 3 rings (SSSR count). The van der Waals surface area contributed by atoms with Gasteiger partial charge in [-0.3, -0.25) is 4.79 Å². The van der Waals surface area contributed by atoms with Crippen molar-refractivity contribution in [3.05, 3.63) is 71.3 Å². The smallest absolute Gasteiger partial charge is 0.220 e. The second-order valence-electron chi connectivity index (χ2n) is 6.59. The summed E-state index contributed by atoms with van der Waals surface area (Å²) in [6, 6.07) is 19.0. The van der Waals surface area contributed by atoms with Gasteiger partial charge in [-0.15, -0.1) is 0 Å². The molecule has 0 saturated carbocycles. The molecule has 120 valence electrons. The van der Waals surface area contributed by atoms with Crippen LogP contribution in [0.3, 0.4) is 0 Å². The van der Waals surface area contributed by atoms with E-state index in [1.54, 1.807) is 0 Å². The molecule has 2 atom stereocenters. The molecule has 2 unspecified atom stereocenters. The van der Waals surface area contributed by atoms with E-state index in [-0.39, 0.29) is 5.91 Å². The topological polar surface area (TPSA) is 29.1 Å². The predicted molar refractivity (Wildman–Crippen MR) is 94.6 cm³/mol. The predicted octanol–water partition coefficient (Wildman–Crippen LogP) is 4.42. The van der Waals surface area contributed by atoms with Gasteiger partial charge in [0.15, 0.2) is 0 Å². The number of carbonyl (C=O) groups excluding carboxylic acids is 1. The zero-order chi connectivity index (χ0) is 16.1. The molecule has 0 aromatic heterocycles. The Morgan fingerprint density at radius 2 is 1.87 bits per heavy atom. The Morgan fingerprint density at radius 1 is 1.13 bits per heavy atom. The van der Waals surface area contributed by atoms with Crippen LogP contribution in [0, 0.1) is 0 Å². The second kappa shape index (κ2) is 7.45. The average molecular weight is 307 g/mol. The molecule has 1 amide bonds. The first-order valence-electron chi connectivity index (χ1n) is 8.63. The Balaban J connectivity index is 1.44. The molecule has 23 heavy (non-hydrogen) atoms. The Labute approximate surface area is 138 Å². The van der Waals surface area contributed by atoms with E-state index in [1.165, 1.54) is 16.7 Å². The van der Waals surface area contributed by atoms with Gasteiger partial charge < -0.3 is 5.32 Å². The summed E-state index contributed by atoms with van der Waals surface area (Å²) in [5.41, 5.74) is 4.13. The van der Waals surface area contributed by atoms with Crippen LogP contribution in [0.25, 0.3) is 0 Å². The summed E-state index contributed by atoms with van der Waals surface area (Å²) in [4.78, 5) is 12.2. The third kappa shape index (κ3) is 4.01. The number of benzene rings is 2. The summed E-state index contributed by atoms with van der Waals surface area (Å²) < 4.78 is 0. The van der Waals surface area contributed by atoms with Gasteiger partial charge in [-0.1, -0.05) is 61.5 Å². The van der Waals surface area contributed by atoms with E-state index in [1.807, 2.05) is 6.07 Å². The SMILES string of the molecule is CC(CCNC(=O)CC1CCc2ccccc21)c1ccccc1. The third-order valence-electron chi connectivity index (χ3n) is 4.96. The first-order valence-corrected chi connectivity index (χ1v) is 8.63. The van der Waals surface area contributed by atoms with Crippen molar-refractivity contribution in [2.45, 2.75) is 44.4 Å². The van der Waals surface area contributed by atoms with E-state index < -0.39 is 0 Å². The average Bonchev–Trinajstić information content (AvgIpc) is 2.99. The maximum atomic E-state index is 12.2. The van der Waals surface area contributed by atoms with Crippen molar-refractivity contribution in [2.24, 2.45) is 0 Å². The fourth-order valence-electron chi connectivity index (χ4n) is 3.53. The van der Waals surface area contributed by atoms with Crippen molar-refractivity contribution in [1.82, 2.24) is 5.32 Å². The lowest BCUT2D eigenvalue weighted by Crippen LogP contribution is -2.26. The second-order valence-corrected chi connectivity index (χ2v) is 6.59. The van der Waals surface area contributed by atoms with Gasteiger partial charge in [0.1, 0.15) is 0 Å². The highest BCUT2D eigenvalue weighted by Crippen LogP contribution is 2.35. The number of amides is 1. The van der Waals surface area contributed by atoms with Gasteiger partial charge in [0, 0.05) is 13.0 Å². The molecule has 0 saturated heterocycles. The zero-order valence-corrected chi connectivity index (χ0v) is 13.8. The molecular weight excluding hydrogens is 282 g/mol. The van der Waals surface area contributed by atoms with Crippen LogP contribution in [0.4, 0.5) is 0 Å². The molecule has 0 fully saturated rings. The number of nitrogens with one attached hydrogen (secondary N) is 1. The highest BCUT2D eigenvalue weighted by Gasteiger charge is 2.23. The standard InChI is InChI=1S/C21H25NO/c1-16(17-7-3-2-4-8-17)13-14-22-21(23)15-19-12-11-18-9-5-6-10-20(18)19/h2-10,16,19H,11-15H2,1H3,(H,22,23). The van der Waals surface area contributed by atoms with Gasteiger partial charge in [-0.2, -0.15) is 0 Å². The first kappa shape index (κ1) is 15.8. The molecule has 1 N–H and O–H groups in total. The summed E-state index contributed by atoms with van der Waals surface area (Å²) in [5.74, 6) is 1.06. The van der Waals surface area contributed by atoms with E-state index in [2.05, 4.69) is 60.8 Å². The maximum absolute atomic E-state index is 12.2. The molecule has 0 bridgehead atoms. The van der Waals surface area contributed by atoms with Crippen LogP contribution in [0.2, 0.25) is 0 Å². The maximum Gasteiger partial charge on any atom is 0.220 e. The van der Waals surface area contributed by atoms with E-state index in [4.69, 9.17) is 0 Å². The summed E-state index contributed by atoms with van der Waals surface area (Å²) in [5, 5.41) is 3.10. The van der Waals surface area contributed by atoms with E-state index in [0.29, 0.717) is 18.3 Å². The molecule has 2 aromatic rings. The van der Waals surface area contributed by atoms with Crippen LogP contribution in [0.5, 0.6) is 0 Å². The van der Waals surface area contributed by atoms with Crippen molar-refractivity contribution in [3.63, 3.8) is 0 Å². The monoisotopic (exact) mass is 307 g/mol. The van der Waals surface area contributed by atoms with E-state index in [9.17, 15) is 4.79 Å². The number of carbonyl (C=O) groups is 1. The van der Waals surface area contributed by atoms with E-state index >= 15 is 0 Å². The fraction of sp³-hybridized carbons (Fsp3) is 0.381. The molecule has 1 aliphatic rings. The van der Waals surface area contributed by atoms with Gasteiger partial charge in [-0.05, 0) is 47.8 Å². The minimum atomic E-state index is 0.187. The largest absolute Gasteiger partial charge is 0.356 e. The van der Waals surface area contributed by atoms with Crippen molar-refractivity contribution in [1.29, 1.82) is 0 Å². The Hall–Kier alpha value is -2.09. The Bertz CT molecular complexity index is 650. The van der Waals surface area contributed by atoms with Gasteiger partial charge in [0.05, 0.1) is 0 Å². The summed E-state index contributed by atoms with van der Waals surface area (Å²) in [6.45, 7) is 2.97. The van der Waals surface area contributed by atoms with Crippen molar-refractivity contribution < 1.29 is 4.79 Å². The van der Waals surface area contributed by atoms with Gasteiger partial charge >= 0.3 is 0 Å². The van der Waals surface area contributed by atoms with Crippen molar-refractivity contribution in [3.8, 4) is 0 Å². The molecule has 0 aliphatic heterocycles. The number of fused-ring (bicyclic) bond motifs is 1. The molecular formula is C21H25NO. The van der Waals surface area contributed by atoms with Crippen LogP contribution < -0.4 is 5.32 Å².